The summed E-state index contributed by atoms with van der Waals surface area (Å²) in [5.74, 6) is -0.0559. The van der Waals surface area contributed by atoms with Crippen LogP contribution < -0.4 is 0 Å². The number of carbonyl (C=O) groups excluding carboxylic acids is 1. The van der Waals surface area contributed by atoms with Crippen LogP contribution >= 0.6 is 0 Å². The topological polar surface area (TPSA) is 77.9 Å². The number of sulfone groups is 1. The molecule has 1 N–H and O–H groups in total. The van der Waals surface area contributed by atoms with Crippen LogP contribution in [0.1, 0.15) is 23.5 Å². The number of benzene rings is 2. The molecule has 1 fully saturated rings. The largest absolute Gasteiger partial charge is 0.392 e. The Bertz CT molecular complexity index is 928. The summed E-state index contributed by atoms with van der Waals surface area (Å²) in [5, 5.41) is 8.65. The number of urea groups is 1. The third kappa shape index (κ3) is 4.20. The van der Waals surface area contributed by atoms with Gasteiger partial charge in [0, 0.05) is 33.1 Å². The van der Waals surface area contributed by atoms with Gasteiger partial charge in [-0.05, 0) is 29.7 Å². The Hall–Kier alpha value is -2.38. The number of aliphatic hydroxyl groups is 1. The molecule has 0 radical (unpaired) electrons. The SMILES string of the molecule is CN(C)C(=O)N1C[C@@H](c2ccccc2)C[C@@H](S(=O)(=O)c2cccc(CO)c2)C1. The smallest absolute Gasteiger partial charge is 0.319 e. The minimum atomic E-state index is -3.65. The number of piperidine rings is 1. The number of amides is 2. The lowest BCUT2D eigenvalue weighted by atomic mass is 9.90. The maximum Gasteiger partial charge on any atom is 0.319 e. The van der Waals surface area contributed by atoms with E-state index in [9.17, 15) is 18.3 Å². The highest BCUT2D eigenvalue weighted by Crippen LogP contribution is 2.33. The summed E-state index contributed by atoms with van der Waals surface area (Å²) in [6, 6.07) is 15.9. The zero-order valence-corrected chi connectivity index (χ0v) is 17.0. The fourth-order valence-electron chi connectivity index (χ4n) is 3.70. The summed E-state index contributed by atoms with van der Waals surface area (Å²) >= 11 is 0. The molecule has 7 heteroatoms. The van der Waals surface area contributed by atoms with Gasteiger partial charge in [-0.15, -0.1) is 0 Å². The van der Waals surface area contributed by atoms with Crippen molar-refractivity contribution in [2.75, 3.05) is 27.2 Å². The van der Waals surface area contributed by atoms with Crippen LogP contribution in [0.25, 0.3) is 0 Å². The molecule has 0 spiro atoms. The minimum absolute atomic E-state index is 0.0559. The molecule has 6 nitrogen and oxygen atoms in total. The summed E-state index contributed by atoms with van der Waals surface area (Å²) < 4.78 is 26.7. The lowest BCUT2D eigenvalue weighted by Gasteiger charge is -2.38. The first kappa shape index (κ1) is 20.4. The van der Waals surface area contributed by atoms with Gasteiger partial charge in [0.15, 0.2) is 9.84 Å². The van der Waals surface area contributed by atoms with Crippen molar-refractivity contribution in [3.63, 3.8) is 0 Å². The molecule has 0 saturated carbocycles. The molecule has 1 aliphatic heterocycles. The molecule has 2 aromatic rings. The molecule has 2 amide bonds. The number of carbonyl (C=O) groups is 1. The van der Waals surface area contributed by atoms with Crippen LogP contribution in [-0.2, 0) is 16.4 Å². The zero-order chi connectivity index (χ0) is 20.3. The van der Waals surface area contributed by atoms with Crippen LogP contribution in [0, 0.1) is 0 Å². The quantitative estimate of drug-likeness (QED) is 0.852. The lowest BCUT2D eigenvalue weighted by Crippen LogP contribution is -2.51. The molecule has 28 heavy (non-hydrogen) atoms. The van der Waals surface area contributed by atoms with Gasteiger partial charge >= 0.3 is 6.03 Å². The van der Waals surface area contributed by atoms with E-state index < -0.39 is 15.1 Å². The van der Waals surface area contributed by atoms with Crippen molar-refractivity contribution in [2.24, 2.45) is 0 Å². The zero-order valence-electron chi connectivity index (χ0n) is 16.2. The number of nitrogens with zero attached hydrogens (tertiary/aromatic N) is 2. The number of rotatable bonds is 4. The highest BCUT2D eigenvalue weighted by molar-refractivity contribution is 7.92. The van der Waals surface area contributed by atoms with Crippen LogP contribution in [-0.4, -0.2) is 61.8 Å². The first-order chi connectivity index (χ1) is 13.3. The Morgan fingerprint density at radius 3 is 2.46 bits per heavy atom. The first-order valence-electron chi connectivity index (χ1n) is 9.27. The Morgan fingerprint density at radius 1 is 1.11 bits per heavy atom. The summed E-state index contributed by atoms with van der Waals surface area (Å²) in [4.78, 5) is 15.9. The first-order valence-corrected chi connectivity index (χ1v) is 10.8. The Kier molecular flexibility index (Phi) is 6.05. The van der Waals surface area contributed by atoms with E-state index in [0.29, 0.717) is 18.5 Å². The summed E-state index contributed by atoms with van der Waals surface area (Å²) in [5.41, 5.74) is 1.58. The van der Waals surface area contributed by atoms with Gasteiger partial charge in [-0.3, -0.25) is 0 Å². The molecule has 0 aliphatic carbocycles. The van der Waals surface area contributed by atoms with Crippen LogP contribution in [0.4, 0.5) is 4.79 Å². The van der Waals surface area contributed by atoms with E-state index in [-0.39, 0.29) is 30.0 Å². The normalized spacial score (nSPS) is 20.0. The van der Waals surface area contributed by atoms with Gasteiger partial charge in [0.2, 0.25) is 0 Å². The number of hydrogen-bond donors (Lipinski definition) is 1. The van der Waals surface area contributed by atoms with Crippen molar-refractivity contribution < 1.29 is 18.3 Å². The second-order valence-electron chi connectivity index (χ2n) is 7.40. The maximum absolute atomic E-state index is 13.3. The van der Waals surface area contributed by atoms with Gasteiger partial charge in [-0.1, -0.05) is 42.5 Å². The van der Waals surface area contributed by atoms with E-state index in [4.69, 9.17) is 0 Å². The van der Waals surface area contributed by atoms with Gasteiger partial charge in [-0.2, -0.15) is 0 Å². The summed E-state index contributed by atoms with van der Waals surface area (Å²) in [6.45, 7) is 0.432. The maximum atomic E-state index is 13.3. The second-order valence-corrected chi connectivity index (χ2v) is 9.63. The molecule has 0 aromatic heterocycles. The summed E-state index contributed by atoms with van der Waals surface area (Å²) in [6.07, 6.45) is 0.451. The average Bonchev–Trinajstić information content (AvgIpc) is 2.73. The Balaban J connectivity index is 1.96. The van der Waals surface area contributed by atoms with Crippen molar-refractivity contribution in [1.29, 1.82) is 0 Å². The van der Waals surface area contributed by atoms with Gasteiger partial charge < -0.3 is 14.9 Å². The summed E-state index contributed by atoms with van der Waals surface area (Å²) in [7, 11) is -0.313. The van der Waals surface area contributed by atoms with E-state index in [1.54, 1.807) is 37.2 Å². The minimum Gasteiger partial charge on any atom is -0.392 e. The molecular weight excluding hydrogens is 376 g/mol. The van der Waals surface area contributed by atoms with Crippen molar-refractivity contribution >= 4 is 15.9 Å². The molecule has 3 rings (SSSR count). The average molecular weight is 403 g/mol. The molecule has 150 valence electrons. The van der Waals surface area contributed by atoms with Crippen LogP contribution in [0.3, 0.4) is 0 Å². The Morgan fingerprint density at radius 2 is 1.82 bits per heavy atom. The molecule has 2 aromatic carbocycles. The lowest BCUT2D eigenvalue weighted by molar-refractivity contribution is 0.155. The van der Waals surface area contributed by atoms with E-state index in [2.05, 4.69) is 0 Å². The van der Waals surface area contributed by atoms with Gasteiger partial charge in [0.1, 0.15) is 0 Å². The van der Waals surface area contributed by atoms with E-state index in [0.717, 1.165) is 5.56 Å². The van der Waals surface area contributed by atoms with E-state index >= 15 is 0 Å². The predicted molar refractivity (Wildman–Crippen MR) is 108 cm³/mol. The number of likely N-dealkylation sites (tertiary alicyclic amines) is 1. The standard InChI is InChI=1S/C21H26N2O4S/c1-22(2)21(25)23-13-18(17-8-4-3-5-9-17)12-20(14-23)28(26,27)19-10-6-7-16(11-19)15-24/h3-11,18,20,24H,12-15H2,1-2H3/t18-,20+/m0/s1. The van der Waals surface area contributed by atoms with E-state index in [1.165, 1.54) is 11.0 Å². The molecule has 1 aliphatic rings. The molecule has 2 atom stereocenters. The predicted octanol–water partition coefficient (Wildman–Crippen LogP) is 2.49. The monoisotopic (exact) mass is 402 g/mol. The van der Waals surface area contributed by atoms with Gasteiger partial charge in [0.05, 0.1) is 16.8 Å². The van der Waals surface area contributed by atoms with Crippen LogP contribution in [0.2, 0.25) is 0 Å². The molecule has 0 unspecified atom stereocenters. The molecule has 1 heterocycles. The molecular formula is C21H26N2O4S. The highest BCUT2D eigenvalue weighted by atomic mass is 32.2. The van der Waals surface area contributed by atoms with Crippen molar-refractivity contribution in [3.8, 4) is 0 Å². The van der Waals surface area contributed by atoms with Crippen molar-refractivity contribution in [2.45, 2.75) is 29.1 Å². The Labute approximate surface area is 166 Å². The second kappa shape index (κ2) is 8.32. The third-order valence-corrected chi connectivity index (χ3v) is 7.31. The van der Waals surface area contributed by atoms with E-state index in [1.807, 2.05) is 30.3 Å². The van der Waals surface area contributed by atoms with Crippen LogP contribution in [0.5, 0.6) is 0 Å². The molecule has 0 bridgehead atoms. The fourth-order valence-corrected chi connectivity index (χ4v) is 5.53. The third-order valence-electron chi connectivity index (χ3n) is 5.18. The molecule has 1 saturated heterocycles. The highest BCUT2D eigenvalue weighted by Gasteiger charge is 2.38. The number of hydrogen-bond acceptors (Lipinski definition) is 4. The number of aliphatic hydroxyl groups excluding tert-OH is 1. The van der Waals surface area contributed by atoms with Crippen LogP contribution in [0.15, 0.2) is 59.5 Å². The van der Waals surface area contributed by atoms with Gasteiger partial charge in [-0.25, -0.2) is 13.2 Å². The van der Waals surface area contributed by atoms with Crippen molar-refractivity contribution in [1.82, 2.24) is 9.80 Å². The van der Waals surface area contributed by atoms with Crippen molar-refractivity contribution in [3.05, 3.63) is 65.7 Å². The van der Waals surface area contributed by atoms with Gasteiger partial charge in [0.25, 0.3) is 0 Å². The fraction of sp³-hybridized carbons (Fsp3) is 0.381.